The molecule has 0 bridgehead atoms. The Labute approximate surface area is 182 Å². The zero-order chi connectivity index (χ0) is 20.8. The Bertz CT molecular complexity index is 751. The summed E-state index contributed by atoms with van der Waals surface area (Å²) in [7, 11) is 5.07. The van der Waals surface area contributed by atoms with E-state index in [1.54, 1.807) is 0 Å². The molecule has 2 rings (SSSR count). The second-order valence-electron chi connectivity index (χ2n) is 8.71. The van der Waals surface area contributed by atoms with Crippen molar-refractivity contribution >= 4 is 28.5 Å². The van der Waals surface area contributed by atoms with Crippen LogP contribution in [0.1, 0.15) is 58.2 Å². The van der Waals surface area contributed by atoms with Gasteiger partial charge in [-0.2, -0.15) is 0 Å². The van der Waals surface area contributed by atoms with Crippen molar-refractivity contribution in [3.8, 4) is 5.75 Å². The maximum atomic E-state index is 10.6. The molecule has 0 radical (unpaired) electrons. The van der Waals surface area contributed by atoms with Crippen molar-refractivity contribution in [3.05, 3.63) is 58.4 Å². The van der Waals surface area contributed by atoms with Gasteiger partial charge in [0.1, 0.15) is 5.75 Å². The van der Waals surface area contributed by atoms with Gasteiger partial charge in [0.2, 0.25) is 0 Å². The summed E-state index contributed by atoms with van der Waals surface area (Å²) in [6.07, 6.45) is 0. The van der Waals surface area contributed by atoms with Crippen LogP contribution in [0.15, 0.2) is 36.4 Å². The van der Waals surface area contributed by atoms with Gasteiger partial charge in [-0.1, -0.05) is 86.0 Å². The summed E-state index contributed by atoms with van der Waals surface area (Å²) in [6, 6.07) is 12.7. The number of halogens is 1. The molecule has 0 aliphatic carbocycles. The first kappa shape index (κ1) is 24.7. The summed E-state index contributed by atoms with van der Waals surface area (Å²) in [6.45, 7) is 15.7. The fraction of sp³-hybridized carbons (Fsp3) is 0.455. The van der Waals surface area contributed by atoms with E-state index < -0.39 is 0 Å². The predicted molar refractivity (Wildman–Crippen MR) is 118 cm³/mol. The zero-order valence-corrected chi connectivity index (χ0v) is 20.8. The van der Waals surface area contributed by atoms with E-state index in [4.69, 9.17) is 5.32 Å². The molecule has 0 aliphatic rings. The first-order valence-electron chi connectivity index (χ1n) is 9.04. The number of benzene rings is 2. The fourth-order valence-electron chi connectivity index (χ4n) is 2.56. The van der Waals surface area contributed by atoms with Crippen molar-refractivity contribution in [1.29, 1.82) is 0 Å². The standard InChI is InChI=1S/C22H31NOP.ClH.Ti/c1-15-12-17(21(2,3)4)13-19(20(15)24)25-18-11-9-8-10-16(18)14-23-22(5,6)7;;/h8-13,24-25H,14H2,1-7H3;1H;/q-1;;+2/p-1. The van der Waals surface area contributed by atoms with Crippen molar-refractivity contribution in [1.82, 2.24) is 0 Å². The van der Waals surface area contributed by atoms with Crippen molar-refractivity contribution in [3.63, 3.8) is 0 Å². The van der Waals surface area contributed by atoms with E-state index in [1.807, 2.05) is 6.92 Å². The number of phenolic OH excluding ortho intramolecular Hbond substituents is 1. The van der Waals surface area contributed by atoms with Crippen LogP contribution >= 0.6 is 17.9 Å². The maximum absolute atomic E-state index is 10.6. The molecule has 0 saturated carbocycles. The van der Waals surface area contributed by atoms with Gasteiger partial charge in [0.25, 0.3) is 0 Å². The average Bonchev–Trinajstić information content (AvgIpc) is 2.58. The molecule has 0 saturated heterocycles. The second kappa shape index (κ2) is 10.4. The molecule has 0 spiro atoms. The van der Waals surface area contributed by atoms with E-state index in [2.05, 4.69) is 87.2 Å². The van der Waals surface area contributed by atoms with Crippen molar-refractivity contribution in [2.24, 2.45) is 0 Å². The minimum absolute atomic E-state index is 0.0406. The third-order valence-electron chi connectivity index (χ3n) is 4.18. The summed E-state index contributed by atoms with van der Waals surface area (Å²) in [5.41, 5.74) is 3.49. The number of phenols is 1. The molecular formula is C22H31ClNOPTi. The first-order chi connectivity index (χ1) is 12.5. The van der Waals surface area contributed by atoms with Gasteiger partial charge in [0.15, 0.2) is 0 Å². The van der Waals surface area contributed by atoms with E-state index in [9.17, 15) is 5.11 Å². The molecule has 5 heteroatoms. The van der Waals surface area contributed by atoms with Gasteiger partial charge in [-0.15, -0.1) is 12.1 Å². The third kappa shape index (κ3) is 7.88. The molecule has 0 heterocycles. The Balaban J connectivity index is 0.00000176. The molecule has 146 valence electrons. The molecule has 0 fully saturated rings. The van der Waals surface area contributed by atoms with Crippen LogP contribution in [-0.2, 0) is 31.3 Å². The van der Waals surface area contributed by atoms with Gasteiger partial charge >= 0.3 is 28.7 Å². The van der Waals surface area contributed by atoms with Crippen molar-refractivity contribution < 1.29 is 24.5 Å². The normalized spacial score (nSPS) is 12.1. The minimum atomic E-state index is -0.0406. The first-order valence-corrected chi connectivity index (χ1v) is 12.2. The van der Waals surface area contributed by atoms with Gasteiger partial charge in [-0.3, -0.25) is 0 Å². The molecule has 1 N–H and O–H groups in total. The van der Waals surface area contributed by atoms with Crippen LogP contribution in [0.5, 0.6) is 5.75 Å². The Morgan fingerprint density at radius 1 is 1.00 bits per heavy atom. The molecule has 2 nitrogen and oxygen atoms in total. The van der Waals surface area contributed by atoms with Crippen LogP contribution in [0, 0.1) is 6.92 Å². The number of aryl methyl sites for hydroxylation is 1. The molecule has 0 aromatic heterocycles. The Kier molecular flexibility index (Phi) is 9.52. The zero-order valence-electron chi connectivity index (χ0n) is 17.4. The van der Waals surface area contributed by atoms with Gasteiger partial charge < -0.3 is 10.4 Å². The number of rotatable bonds is 4. The monoisotopic (exact) mass is 439 g/mol. The molecule has 27 heavy (non-hydrogen) atoms. The molecule has 0 aliphatic heterocycles. The van der Waals surface area contributed by atoms with Crippen LogP contribution in [0.4, 0.5) is 0 Å². The topological polar surface area (TPSA) is 34.3 Å². The Morgan fingerprint density at radius 3 is 2.15 bits per heavy atom. The molecule has 2 aromatic carbocycles. The van der Waals surface area contributed by atoms with Crippen LogP contribution in [0.3, 0.4) is 0 Å². The van der Waals surface area contributed by atoms with Gasteiger partial charge in [0, 0.05) is 5.30 Å². The number of nitrogens with zero attached hydrogens (tertiary/aromatic N) is 1. The molecule has 2 aromatic rings. The molecule has 1 unspecified atom stereocenters. The van der Waals surface area contributed by atoms with Crippen LogP contribution in [0.2, 0.25) is 0 Å². The van der Waals surface area contributed by atoms with E-state index in [0.717, 1.165) is 10.9 Å². The average molecular weight is 440 g/mol. The van der Waals surface area contributed by atoms with E-state index in [0.29, 0.717) is 20.9 Å². The third-order valence-corrected chi connectivity index (χ3v) is 5.58. The van der Waals surface area contributed by atoms with Crippen LogP contribution < -0.4 is 10.6 Å². The molecule has 1 atom stereocenters. The number of aromatic hydroxyl groups is 1. The van der Waals surface area contributed by atoms with Gasteiger partial charge in [0.05, 0.1) is 0 Å². The van der Waals surface area contributed by atoms with Crippen molar-refractivity contribution in [2.45, 2.75) is 66.0 Å². The molecular weight excluding hydrogens is 409 g/mol. The SMILES string of the molecule is Cc1cc(C(C)(C)C)cc(Pc2ccccc2C[N-]C(C)(C)C)c1O.[Cl][Ti+]. The van der Waals surface area contributed by atoms with E-state index in [1.165, 1.54) is 35.8 Å². The van der Waals surface area contributed by atoms with Crippen LogP contribution in [-0.4, -0.2) is 10.6 Å². The number of hydrogen-bond acceptors (Lipinski definition) is 1. The Hall–Kier alpha value is -0.366. The van der Waals surface area contributed by atoms with E-state index in [-0.39, 0.29) is 11.0 Å². The summed E-state index contributed by atoms with van der Waals surface area (Å²) in [5.74, 6) is 0.425. The second-order valence-corrected chi connectivity index (χ2v) is 10.0. The summed E-state index contributed by atoms with van der Waals surface area (Å²) < 4.78 is 0. The number of hydrogen-bond donors (Lipinski definition) is 1. The van der Waals surface area contributed by atoms with E-state index >= 15 is 0 Å². The van der Waals surface area contributed by atoms with Gasteiger partial charge in [-0.05, 0) is 34.8 Å². The summed E-state index contributed by atoms with van der Waals surface area (Å²) >= 11 is 1.47. The molecule has 0 amide bonds. The fourth-order valence-corrected chi connectivity index (χ4v) is 3.89. The van der Waals surface area contributed by atoms with Crippen LogP contribution in [0.25, 0.3) is 5.32 Å². The summed E-state index contributed by atoms with van der Waals surface area (Å²) in [5, 5.41) is 17.6. The van der Waals surface area contributed by atoms with Crippen molar-refractivity contribution in [2.75, 3.05) is 0 Å². The summed E-state index contributed by atoms with van der Waals surface area (Å²) in [4.78, 5) is 0. The quantitative estimate of drug-likeness (QED) is 0.461. The van der Waals surface area contributed by atoms with Gasteiger partial charge in [-0.25, -0.2) is 0 Å². The predicted octanol–water partition coefficient (Wildman–Crippen LogP) is 5.99. The Morgan fingerprint density at radius 2 is 1.59 bits per heavy atom.